The maximum Gasteiger partial charge on any atom is 0.330 e. The van der Waals surface area contributed by atoms with E-state index in [0.29, 0.717) is 27.4 Å². The zero-order valence-corrected chi connectivity index (χ0v) is 11.9. The van der Waals surface area contributed by atoms with Crippen LogP contribution in [0.4, 0.5) is 0 Å². The maximum atomic E-state index is 11.0. The highest BCUT2D eigenvalue weighted by Gasteiger charge is 2.08. The van der Waals surface area contributed by atoms with Gasteiger partial charge in [-0.3, -0.25) is 0 Å². The summed E-state index contributed by atoms with van der Waals surface area (Å²) < 4.78 is 10.0. The Morgan fingerprint density at radius 2 is 1.89 bits per heavy atom. The Hall–Kier alpha value is -0.900. The van der Waals surface area contributed by atoms with Crippen LogP contribution in [0.3, 0.4) is 0 Å². The van der Waals surface area contributed by atoms with Crippen molar-refractivity contribution >= 4 is 40.8 Å². The second-order valence-electron chi connectivity index (χ2n) is 3.16. The molecule has 0 radical (unpaired) electrons. The Morgan fingerprint density at radius 1 is 1.28 bits per heavy atom. The van der Waals surface area contributed by atoms with Crippen LogP contribution in [-0.4, -0.2) is 19.2 Å². The number of ether oxygens (including phenoxy) is 2. The van der Waals surface area contributed by atoms with Crippen LogP contribution in [0.25, 0.3) is 0 Å². The van der Waals surface area contributed by atoms with Gasteiger partial charge in [0, 0.05) is 11.1 Å². The van der Waals surface area contributed by atoms with Gasteiger partial charge in [0.1, 0.15) is 6.61 Å². The van der Waals surface area contributed by atoms with E-state index in [0.717, 1.165) is 0 Å². The molecule has 18 heavy (non-hydrogen) atoms. The van der Waals surface area contributed by atoms with Crippen molar-refractivity contribution < 1.29 is 14.3 Å². The molecule has 0 aliphatic rings. The monoisotopic (exact) mass is 308 g/mol. The Balaban J connectivity index is 2.57. The first-order valence-electron chi connectivity index (χ1n) is 5.15. The van der Waals surface area contributed by atoms with Gasteiger partial charge in [-0.25, -0.2) is 4.79 Å². The number of halogens is 3. The minimum Gasteiger partial charge on any atom is -0.486 e. The van der Waals surface area contributed by atoms with Crippen molar-refractivity contribution in [3.05, 3.63) is 39.4 Å². The van der Waals surface area contributed by atoms with E-state index in [9.17, 15) is 4.79 Å². The summed E-state index contributed by atoms with van der Waals surface area (Å²) in [5.41, 5.74) is 0. The highest BCUT2D eigenvalue weighted by Crippen LogP contribution is 2.35. The van der Waals surface area contributed by atoms with Crippen molar-refractivity contribution in [1.29, 1.82) is 0 Å². The molecule has 1 rings (SSSR count). The van der Waals surface area contributed by atoms with E-state index < -0.39 is 5.97 Å². The number of benzene rings is 1. The first-order chi connectivity index (χ1) is 8.54. The van der Waals surface area contributed by atoms with Crippen LogP contribution < -0.4 is 4.74 Å². The van der Waals surface area contributed by atoms with Crippen LogP contribution in [0.15, 0.2) is 24.3 Å². The lowest BCUT2D eigenvalue weighted by Gasteiger charge is -2.08. The normalized spacial score (nSPS) is 10.7. The Bertz CT molecular complexity index is 435. The SMILES string of the molecule is CCOC(=O)/C=C/COc1c(Cl)cc(Cl)cc1Cl. The molecule has 0 heterocycles. The topological polar surface area (TPSA) is 35.5 Å². The van der Waals surface area contributed by atoms with Crippen LogP contribution in [0.1, 0.15) is 6.92 Å². The third-order valence-electron chi connectivity index (χ3n) is 1.83. The second kappa shape index (κ2) is 7.52. The molecule has 0 unspecified atom stereocenters. The fourth-order valence-corrected chi connectivity index (χ4v) is 2.06. The molecule has 6 heteroatoms. The van der Waals surface area contributed by atoms with Crippen LogP contribution in [0.2, 0.25) is 15.1 Å². The van der Waals surface area contributed by atoms with E-state index in [-0.39, 0.29) is 6.61 Å². The Morgan fingerprint density at radius 3 is 2.44 bits per heavy atom. The predicted molar refractivity (Wildman–Crippen MR) is 72.7 cm³/mol. The van der Waals surface area contributed by atoms with Gasteiger partial charge in [-0.2, -0.15) is 0 Å². The smallest absolute Gasteiger partial charge is 0.330 e. The lowest BCUT2D eigenvalue weighted by Crippen LogP contribution is -2.01. The molecule has 0 saturated carbocycles. The van der Waals surface area contributed by atoms with Gasteiger partial charge in [0.05, 0.1) is 16.7 Å². The molecule has 0 saturated heterocycles. The summed E-state index contributed by atoms with van der Waals surface area (Å²) in [6.07, 6.45) is 2.79. The van der Waals surface area contributed by atoms with E-state index in [4.69, 9.17) is 44.3 Å². The minimum atomic E-state index is -0.422. The van der Waals surface area contributed by atoms with Gasteiger partial charge in [0.15, 0.2) is 5.75 Å². The number of hydrogen-bond acceptors (Lipinski definition) is 3. The zero-order valence-electron chi connectivity index (χ0n) is 9.58. The molecule has 98 valence electrons. The molecule has 3 nitrogen and oxygen atoms in total. The van der Waals surface area contributed by atoms with Crippen LogP contribution in [-0.2, 0) is 9.53 Å². The van der Waals surface area contributed by atoms with E-state index in [1.807, 2.05) is 0 Å². The highest BCUT2D eigenvalue weighted by molar-refractivity contribution is 6.40. The highest BCUT2D eigenvalue weighted by atomic mass is 35.5. The van der Waals surface area contributed by atoms with Crippen molar-refractivity contribution in [2.24, 2.45) is 0 Å². The van der Waals surface area contributed by atoms with Crippen molar-refractivity contribution in [3.63, 3.8) is 0 Å². The first-order valence-corrected chi connectivity index (χ1v) is 6.28. The van der Waals surface area contributed by atoms with E-state index in [1.165, 1.54) is 24.3 Å². The zero-order chi connectivity index (χ0) is 13.5. The van der Waals surface area contributed by atoms with Crippen molar-refractivity contribution in [2.75, 3.05) is 13.2 Å². The second-order valence-corrected chi connectivity index (χ2v) is 4.41. The number of rotatable bonds is 5. The van der Waals surface area contributed by atoms with E-state index in [1.54, 1.807) is 6.92 Å². The van der Waals surface area contributed by atoms with Gasteiger partial charge < -0.3 is 9.47 Å². The molecule has 0 bridgehead atoms. The molecule has 0 aliphatic heterocycles. The van der Waals surface area contributed by atoms with Crippen LogP contribution in [0.5, 0.6) is 5.75 Å². The third kappa shape index (κ3) is 4.77. The Kier molecular flexibility index (Phi) is 6.33. The molecule has 1 aromatic rings. The summed E-state index contributed by atoms with van der Waals surface area (Å²) in [5.74, 6) is -0.0920. The summed E-state index contributed by atoms with van der Waals surface area (Å²) >= 11 is 17.6. The minimum absolute atomic E-state index is 0.153. The number of carbonyl (C=O) groups excluding carboxylic acids is 1. The predicted octanol–water partition coefficient (Wildman–Crippen LogP) is 4.14. The van der Waals surface area contributed by atoms with Gasteiger partial charge in [-0.15, -0.1) is 0 Å². The standard InChI is InChI=1S/C12H11Cl3O3/c1-2-17-11(16)4-3-5-18-12-9(14)6-8(13)7-10(12)15/h3-4,6-7H,2,5H2,1H3/b4-3+. The van der Waals surface area contributed by atoms with Gasteiger partial charge in [0.25, 0.3) is 0 Å². The maximum absolute atomic E-state index is 11.0. The molecule has 1 aromatic carbocycles. The number of esters is 1. The van der Waals surface area contributed by atoms with Crippen molar-refractivity contribution in [1.82, 2.24) is 0 Å². The molecule has 0 amide bonds. The lowest BCUT2D eigenvalue weighted by atomic mass is 10.3. The van der Waals surface area contributed by atoms with Gasteiger partial charge >= 0.3 is 5.97 Å². The molecular formula is C12H11Cl3O3. The summed E-state index contributed by atoms with van der Waals surface area (Å²) in [5, 5.41) is 1.06. The average molecular weight is 310 g/mol. The van der Waals surface area contributed by atoms with E-state index >= 15 is 0 Å². The molecular weight excluding hydrogens is 298 g/mol. The summed E-state index contributed by atoms with van der Waals surface area (Å²) in [6.45, 7) is 2.22. The molecule has 0 N–H and O–H groups in total. The van der Waals surface area contributed by atoms with Crippen LogP contribution in [0, 0.1) is 0 Å². The summed E-state index contributed by atoms with van der Waals surface area (Å²) in [6, 6.07) is 3.05. The molecule has 0 aliphatic carbocycles. The van der Waals surface area contributed by atoms with Gasteiger partial charge in [0.2, 0.25) is 0 Å². The lowest BCUT2D eigenvalue weighted by molar-refractivity contribution is -0.137. The summed E-state index contributed by atoms with van der Waals surface area (Å²) in [4.78, 5) is 11.0. The molecule has 0 aromatic heterocycles. The van der Waals surface area contributed by atoms with Crippen LogP contribution >= 0.6 is 34.8 Å². The molecule has 0 fully saturated rings. The van der Waals surface area contributed by atoms with Crippen molar-refractivity contribution in [2.45, 2.75) is 6.92 Å². The van der Waals surface area contributed by atoms with Gasteiger partial charge in [-0.05, 0) is 25.1 Å². The summed E-state index contributed by atoms with van der Waals surface area (Å²) in [7, 11) is 0. The average Bonchev–Trinajstić information content (AvgIpc) is 2.27. The molecule has 0 spiro atoms. The quantitative estimate of drug-likeness (QED) is 0.605. The van der Waals surface area contributed by atoms with Crippen molar-refractivity contribution in [3.8, 4) is 5.75 Å². The first kappa shape index (κ1) is 15.2. The number of carbonyl (C=O) groups is 1. The molecule has 0 atom stereocenters. The largest absolute Gasteiger partial charge is 0.486 e. The third-order valence-corrected chi connectivity index (χ3v) is 2.61. The van der Waals surface area contributed by atoms with Gasteiger partial charge in [-0.1, -0.05) is 34.8 Å². The fraction of sp³-hybridized carbons (Fsp3) is 0.250. The van der Waals surface area contributed by atoms with E-state index in [2.05, 4.69) is 0 Å². The number of hydrogen-bond donors (Lipinski definition) is 0. The Labute approximate surface area is 120 Å². The fourth-order valence-electron chi connectivity index (χ4n) is 1.13.